The second kappa shape index (κ2) is 4.21. The fraction of sp³-hybridized carbons (Fsp3) is 1.00. The van der Waals surface area contributed by atoms with Crippen LogP contribution >= 0.6 is 0 Å². The van der Waals surface area contributed by atoms with Gasteiger partial charge in [0.15, 0.2) is 0 Å². The maximum Gasteiger partial charge on any atom is 0.0633 e. The minimum atomic E-state index is -0.490. The minimum Gasteiger partial charge on any atom is -0.394 e. The molecule has 0 saturated heterocycles. The van der Waals surface area contributed by atoms with Crippen molar-refractivity contribution in [1.29, 1.82) is 0 Å². The molecule has 3 nitrogen and oxygen atoms in total. The summed E-state index contributed by atoms with van der Waals surface area (Å²) in [6.45, 7) is 2.76. The SMILES string of the molecule is CC(CO)(CO)NCC1CCC1. The van der Waals surface area contributed by atoms with E-state index < -0.39 is 5.54 Å². The van der Waals surface area contributed by atoms with Crippen LogP contribution in [0.4, 0.5) is 0 Å². The zero-order chi connectivity index (χ0) is 9.03. The Balaban J connectivity index is 2.17. The fourth-order valence-corrected chi connectivity index (χ4v) is 1.25. The highest BCUT2D eigenvalue weighted by molar-refractivity contribution is 4.83. The Labute approximate surface area is 73.8 Å². The van der Waals surface area contributed by atoms with Crippen molar-refractivity contribution >= 4 is 0 Å². The molecule has 0 atom stereocenters. The third kappa shape index (κ3) is 2.44. The molecule has 0 bridgehead atoms. The van der Waals surface area contributed by atoms with Gasteiger partial charge in [0, 0.05) is 0 Å². The lowest BCUT2D eigenvalue weighted by molar-refractivity contribution is 0.0955. The average Bonchev–Trinajstić information content (AvgIpc) is 2.01. The molecule has 0 unspecified atom stereocenters. The van der Waals surface area contributed by atoms with E-state index in [0.29, 0.717) is 0 Å². The van der Waals surface area contributed by atoms with Crippen molar-refractivity contribution in [1.82, 2.24) is 5.32 Å². The van der Waals surface area contributed by atoms with Gasteiger partial charge in [-0.1, -0.05) is 6.42 Å². The summed E-state index contributed by atoms with van der Waals surface area (Å²) >= 11 is 0. The first-order valence-electron chi connectivity index (χ1n) is 4.67. The first kappa shape index (κ1) is 9.96. The molecular weight excluding hydrogens is 154 g/mol. The third-order valence-corrected chi connectivity index (χ3v) is 2.74. The molecule has 72 valence electrons. The summed E-state index contributed by atoms with van der Waals surface area (Å²) in [5.41, 5.74) is -0.490. The van der Waals surface area contributed by atoms with Crippen LogP contribution in [-0.4, -0.2) is 35.5 Å². The topological polar surface area (TPSA) is 52.5 Å². The van der Waals surface area contributed by atoms with Crippen LogP contribution in [0.3, 0.4) is 0 Å². The van der Waals surface area contributed by atoms with E-state index in [2.05, 4.69) is 5.32 Å². The maximum absolute atomic E-state index is 8.97. The molecule has 0 aromatic carbocycles. The molecular formula is C9H19NO2. The number of rotatable bonds is 5. The number of hydrogen-bond donors (Lipinski definition) is 3. The van der Waals surface area contributed by atoms with Gasteiger partial charge in [-0.15, -0.1) is 0 Å². The smallest absolute Gasteiger partial charge is 0.0633 e. The number of hydrogen-bond acceptors (Lipinski definition) is 3. The molecule has 0 aromatic rings. The normalized spacial score (nSPS) is 19.2. The van der Waals surface area contributed by atoms with E-state index in [4.69, 9.17) is 10.2 Å². The van der Waals surface area contributed by atoms with Crippen LogP contribution in [0.25, 0.3) is 0 Å². The number of nitrogens with one attached hydrogen (secondary N) is 1. The Kier molecular flexibility index (Phi) is 3.50. The second-order valence-electron chi connectivity index (χ2n) is 4.05. The van der Waals surface area contributed by atoms with Crippen LogP contribution in [0.2, 0.25) is 0 Å². The molecule has 0 aromatic heterocycles. The molecule has 3 N–H and O–H groups in total. The summed E-state index contributed by atoms with van der Waals surface area (Å²) in [4.78, 5) is 0. The summed E-state index contributed by atoms with van der Waals surface area (Å²) in [6.07, 6.45) is 3.92. The van der Waals surface area contributed by atoms with Gasteiger partial charge in [0.05, 0.1) is 18.8 Å². The van der Waals surface area contributed by atoms with E-state index in [1.807, 2.05) is 6.92 Å². The second-order valence-corrected chi connectivity index (χ2v) is 4.05. The Bertz CT molecular complexity index is 130. The molecule has 0 spiro atoms. The summed E-state index contributed by atoms with van der Waals surface area (Å²) in [5, 5.41) is 21.1. The van der Waals surface area contributed by atoms with Gasteiger partial charge >= 0.3 is 0 Å². The Morgan fingerprint density at radius 1 is 1.33 bits per heavy atom. The van der Waals surface area contributed by atoms with Crippen molar-refractivity contribution in [2.24, 2.45) is 5.92 Å². The lowest BCUT2D eigenvalue weighted by Crippen LogP contribution is -2.51. The molecule has 0 amide bonds. The average molecular weight is 173 g/mol. The summed E-state index contributed by atoms with van der Waals surface area (Å²) in [5.74, 6) is 0.766. The standard InChI is InChI=1S/C9H19NO2/c1-9(6-11,7-12)10-5-8-3-2-4-8/h8,10-12H,2-7H2,1H3. The summed E-state index contributed by atoms with van der Waals surface area (Å²) in [7, 11) is 0. The van der Waals surface area contributed by atoms with Crippen LogP contribution in [0.1, 0.15) is 26.2 Å². The van der Waals surface area contributed by atoms with Crippen LogP contribution in [0.5, 0.6) is 0 Å². The first-order valence-corrected chi connectivity index (χ1v) is 4.67. The summed E-state index contributed by atoms with van der Waals surface area (Å²) in [6, 6.07) is 0. The van der Waals surface area contributed by atoms with E-state index in [0.717, 1.165) is 12.5 Å². The molecule has 12 heavy (non-hydrogen) atoms. The van der Waals surface area contributed by atoms with E-state index in [1.165, 1.54) is 19.3 Å². The zero-order valence-corrected chi connectivity index (χ0v) is 7.71. The largest absolute Gasteiger partial charge is 0.394 e. The molecule has 1 aliphatic rings. The lowest BCUT2D eigenvalue weighted by Gasteiger charge is -2.32. The monoisotopic (exact) mass is 173 g/mol. The van der Waals surface area contributed by atoms with Crippen LogP contribution in [-0.2, 0) is 0 Å². The molecule has 3 heteroatoms. The molecule has 1 saturated carbocycles. The highest BCUT2D eigenvalue weighted by atomic mass is 16.3. The molecule has 0 radical (unpaired) electrons. The van der Waals surface area contributed by atoms with Crippen molar-refractivity contribution in [2.75, 3.05) is 19.8 Å². The minimum absolute atomic E-state index is 0.00375. The fourth-order valence-electron chi connectivity index (χ4n) is 1.25. The van der Waals surface area contributed by atoms with Gasteiger partial charge < -0.3 is 15.5 Å². The van der Waals surface area contributed by atoms with Crippen molar-refractivity contribution in [2.45, 2.75) is 31.7 Å². The quantitative estimate of drug-likeness (QED) is 0.553. The predicted octanol–water partition coefficient (Wildman–Crippen LogP) is 0.119. The molecule has 1 aliphatic carbocycles. The highest BCUT2D eigenvalue weighted by Gasteiger charge is 2.24. The van der Waals surface area contributed by atoms with E-state index in [9.17, 15) is 0 Å². The molecule has 0 aliphatic heterocycles. The van der Waals surface area contributed by atoms with E-state index in [-0.39, 0.29) is 13.2 Å². The van der Waals surface area contributed by atoms with Crippen molar-refractivity contribution in [3.05, 3.63) is 0 Å². The Morgan fingerprint density at radius 3 is 2.25 bits per heavy atom. The molecule has 0 heterocycles. The number of aliphatic hydroxyl groups excluding tert-OH is 2. The zero-order valence-electron chi connectivity index (χ0n) is 7.71. The van der Waals surface area contributed by atoms with Gasteiger partial charge in [-0.05, 0) is 32.2 Å². The summed E-state index contributed by atoms with van der Waals surface area (Å²) < 4.78 is 0. The van der Waals surface area contributed by atoms with Crippen molar-refractivity contribution < 1.29 is 10.2 Å². The lowest BCUT2D eigenvalue weighted by atomic mass is 9.85. The van der Waals surface area contributed by atoms with Crippen LogP contribution in [0.15, 0.2) is 0 Å². The van der Waals surface area contributed by atoms with Gasteiger partial charge in [0.2, 0.25) is 0 Å². The number of aliphatic hydroxyl groups is 2. The van der Waals surface area contributed by atoms with Gasteiger partial charge in [0.1, 0.15) is 0 Å². The first-order chi connectivity index (χ1) is 5.70. The predicted molar refractivity (Wildman–Crippen MR) is 47.9 cm³/mol. The van der Waals surface area contributed by atoms with Crippen LogP contribution in [0, 0.1) is 5.92 Å². The maximum atomic E-state index is 8.97. The van der Waals surface area contributed by atoms with Gasteiger partial charge in [-0.2, -0.15) is 0 Å². The van der Waals surface area contributed by atoms with Crippen molar-refractivity contribution in [3.63, 3.8) is 0 Å². The highest BCUT2D eigenvalue weighted by Crippen LogP contribution is 2.25. The van der Waals surface area contributed by atoms with Gasteiger partial charge in [-0.3, -0.25) is 0 Å². The van der Waals surface area contributed by atoms with E-state index >= 15 is 0 Å². The Morgan fingerprint density at radius 2 is 1.92 bits per heavy atom. The van der Waals surface area contributed by atoms with Crippen molar-refractivity contribution in [3.8, 4) is 0 Å². The Hall–Kier alpha value is -0.120. The van der Waals surface area contributed by atoms with Crippen LogP contribution < -0.4 is 5.32 Å². The molecule has 1 fully saturated rings. The third-order valence-electron chi connectivity index (χ3n) is 2.74. The molecule has 1 rings (SSSR count). The van der Waals surface area contributed by atoms with Gasteiger partial charge in [0.25, 0.3) is 0 Å². The van der Waals surface area contributed by atoms with Gasteiger partial charge in [-0.25, -0.2) is 0 Å². The van der Waals surface area contributed by atoms with E-state index in [1.54, 1.807) is 0 Å².